The fourth-order valence-electron chi connectivity index (χ4n) is 1.38. The van der Waals surface area contributed by atoms with Crippen LogP contribution in [0.3, 0.4) is 0 Å². The average molecular weight is 346 g/mol. The Morgan fingerprint density at radius 2 is 2.17 bits per heavy atom. The number of amides is 1. The molecule has 0 spiro atoms. The number of thiophene rings is 1. The van der Waals surface area contributed by atoms with Gasteiger partial charge in [0.2, 0.25) is 0 Å². The van der Waals surface area contributed by atoms with Gasteiger partial charge in [-0.1, -0.05) is 11.6 Å². The first kappa shape index (κ1) is 13.4. The van der Waals surface area contributed by atoms with Crippen molar-refractivity contribution in [3.63, 3.8) is 0 Å². The lowest BCUT2D eigenvalue weighted by molar-refractivity contribution is 0.103. The monoisotopic (exact) mass is 344 g/mol. The molecular weight excluding hydrogens is 336 g/mol. The number of nitrogens with two attached hydrogens (primary N) is 1. The number of anilines is 2. The molecule has 3 nitrogen and oxygen atoms in total. The zero-order valence-electron chi connectivity index (χ0n) is 9.46. The summed E-state index contributed by atoms with van der Waals surface area (Å²) in [6.07, 6.45) is 0. The van der Waals surface area contributed by atoms with Crippen molar-refractivity contribution in [2.24, 2.45) is 0 Å². The van der Waals surface area contributed by atoms with Gasteiger partial charge in [-0.05, 0) is 47.1 Å². The molecule has 0 aliphatic heterocycles. The van der Waals surface area contributed by atoms with Gasteiger partial charge in [-0.3, -0.25) is 4.79 Å². The van der Waals surface area contributed by atoms with E-state index in [-0.39, 0.29) is 5.91 Å². The van der Waals surface area contributed by atoms with Crippen molar-refractivity contribution in [2.45, 2.75) is 6.92 Å². The number of rotatable bonds is 2. The molecule has 1 heterocycles. The molecular formula is C12H10BrClN2OS. The van der Waals surface area contributed by atoms with Crippen LogP contribution in [-0.4, -0.2) is 5.91 Å². The fourth-order valence-corrected chi connectivity index (χ4v) is 3.00. The van der Waals surface area contributed by atoms with Crippen LogP contribution in [0.1, 0.15) is 14.5 Å². The van der Waals surface area contributed by atoms with Crippen LogP contribution >= 0.6 is 38.9 Å². The van der Waals surface area contributed by atoms with E-state index in [1.54, 1.807) is 24.3 Å². The van der Waals surface area contributed by atoms with Crippen LogP contribution in [0, 0.1) is 6.92 Å². The smallest absolute Gasteiger partial charge is 0.265 e. The predicted molar refractivity (Wildman–Crippen MR) is 80.6 cm³/mol. The fraction of sp³-hybridized carbons (Fsp3) is 0.0833. The van der Waals surface area contributed by atoms with E-state index >= 15 is 0 Å². The first-order valence-corrected chi connectivity index (χ1v) is 7.08. The van der Waals surface area contributed by atoms with Crippen molar-refractivity contribution in [1.29, 1.82) is 0 Å². The summed E-state index contributed by atoms with van der Waals surface area (Å²) in [5.41, 5.74) is 7.04. The first-order chi connectivity index (χ1) is 8.47. The minimum absolute atomic E-state index is 0.178. The maximum absolute atomic E-state index is 12.0. The van der Waals surface area contributed by atoms with E-state index in [9.17, 15) is 4.79 Å². The summed E-state index contributed by atoms with van der Waals surface area (Å²) in [5.74, 6) is -0.178. The molecule has 0 fully saturated rings. The van der Waals surface area contributed by atoms with Crippen LogP contribution in [-0.2, 0) is 0 Å². The second-order valence-corrected chi connectivity index (χ2v) is 6.25. The van der Waals surface area contributed by atoms with Crippen LogP contribution < -0.4 is 11.1 Å². The Morgan fingerprint density at radius 3 is 2.72 bits per heavy atom. The molecule has 2 aromatic rings. The number of benzene rings is 1. The van der Waals surface area contributed by atoms with Crippen LogP contribution in [0.15, 0.2) is 28.7 Å². The summed E-state index contributed by atoms with van der Waals surface area (Å²) in [4.78, 5) is 13.5. The van der Waals surface area contributed by atoms with Crippen LogP contribution in [0.25, 0.3) is 0 Å². The van der Waals surface area contributed by atoms with E-state index < -0.39 is 0 Å². The number of hydrogen-bond donors (Lipinski definition) is 2. The van der Waals surface area contributed by atoms with E-state index in [0.717, 1.165) is 9.35 Å². The Hall–Kier alpha value is -1.04. The average Bonchev–Trinajstić information content (AvgIpc) is 2.63. The van der Waals surface area contributed by atoms with E-state index in [4.69, 9.17) is 17.3 Å². The summed E-state index contributed by atoms with van der Waals surface area (Å²) in [7, 11) is 0. The highest BCUT2D eigenvalue weighted by Gasteiger charge is 2.12. The van der Waals surface area contributed by atoms with Gasteiger partial charge in [-0.15, -0.1) is 11.3 Å². The highest BCUT2D eigenvalue weighted by atomic mass is 79.9. The van der Waals surface area contributed by atoms with Crippen molar-refractivity contribution in [3.05, 3.63) is 43.5 Å². The standard InChI is InChI=1S/C12H10BrClN2OS/c1-6-9(15)5-11(18-6)12(17)16-10-3-2-7(14)4-8(10)13/h2-5H,15H2,1H3,(H,16,17). The maximum Gasteiger partial charge on any atom is 0.265 e. The highest BCUT2D eigenvalue weighted by molar-refractivity contribution is 9.10. The van der Waals surface area contributed by atoms with Gasteiger partial charge >= 0.3 is 0 Å². The largest absolute Gasteiger partial charge is 0.398 e. The molecule has 0 atom stereocenters. The van der Waals surface area contributed by atoms with Crippen LogP contribution in [0.2, 0.25) is 5.02 Å². The molecule has 0 aliphatic rings. The molecule has 0 radical (unpaired) electrons. The van der Waals surface area contributed by atoms with Crippen molar-refractivity contribution in [3.8, 4) is 0 Å². The minimum atomic E-state index is -0.178. The second-order valence-electron chi connectivity index (χ2n) is 3.70. The molecule has 1 amide bonds. The molecule has 6 heteroatoms. The molecule has 0 saturated carbocycles. The summed E-state index contributed by atoms with van der Waals surface area (Å²) in [6, 6.07) is 6.87. The van der Waals surface area contributed by atoms with Crippen molar-refractivity contribution in [1.82, 2.24) is 0 Å². The van der Waals surface area contributed by atoms with Gasteiger partial charge in [0.25, 0.3) is 5.91 Å². The Bertz CT molecular complexity index is 593. The third-order valence-corrected chi connectivity index (χ3v) is 4.32. The van der Waals surface area contributed by atoms with Gasteiger partial charge in [-0.2, -0.15) is 0 Å². The van der Waals surface area contributed by atoms with Crippen LogP contribution in [0.5, 0.6) is 0 Å². The Balaban J connectivity index is 2.21. The minimum Gasteiger partial charge on any atom is -0.398 e. The second kappa shape index (κ2) is 5.30. The quantitative estimate of drug-likeness (QED) is 0.852. The Kier molecular flexibility index (Phi) is 3.94. The number of aryl methyl sites for hydroxylation is 1. The summed E-state index contributed by atoms with van der Waals surface area (Å²) in [6.45, 7) is 1.88. The third-order valence-electron chi connectivity index (χ3n) is 2.36. The molecule has 0 saturated heterocycles. The normalized spacial score (nSPS) is 10.4. The molecule has 18 heavy (non-hydrogen) atoms. The van der Waals surface area contributed by atoms with Crippen molar-refractivity contribution < 1.29 is 4.79 Å². The molecule has 94 valence electrons. The van der Waals surface area contributed by atoms with E-state index in [1.165, 1.54) is 11.3 Å². The van der Waals surface area contributed by atoms with E-state index in [1.807, 2.05) is 6.92 Å². The zero-order chi connectivity index (χ0) is 13.3. The van der Waals surface area contributed by atoms with Crippen molar-refractivity contribution in [2.75, 3.05) is 11.1 Å². The van der Waals surface area contributed by atoms with Crippen molar-refractivity contribution >= 4 is 56.1 Å². The van der Waals surface area contributed by atoms with Gasteiger partial charge in [-0.25, -0.2) is 0 Å². The zero-order valence-corrected chi connectivity index (χ0v) is 12.6. The number of nitrogens with one attached hydrogen (secondary N) is 1. The molecule has 1 aromatic carbocycles. The van der Waals surface area contributed by atoms with Gasteiger partial charge in [0.1, 0.15) is 0 Å². The number of nitrogen functional groups attached to an aromatic ring is 1. The van der Waals surface area contributed by atoms with E-state index in [2.05, 4.69) is 21.2 Å². The van der Waals surface area contributed by atoms with Crippen LogP contribution in [0.4, 0.5) is 11.4 Å². The SMILES string of the molecule is Cc1sc(C(=O)Nc2ccc(Cl)cc2Br)cc1N. The lowest BCUT2D eigenvalue weighted by Gasteiger charge is -2.06. The number of halogens is 2. The van der Waals surface area contributed by atoms with Gasteiger partial charge in [0.15, 0.2) is 0 Å². The molecule has 2 rings (SSSR count). The molecule has 1 aromatic heterocycles. The van der Waals surface area contributed by atoms with Gasteiger partial charge in [0.05, 0.1) is 10.6 Å². The number of hydrogen-bond acceptors (Lipinski definition) is 3. The summed E-state index contributed by atoms with van der Waals surface area (Å²) in [5, 5.41) is 3.41. The maximum atomic E-state index is 12.0. The number of carbonyl (C=O) groups is 1. The lowest BCUT2D eigenvalue weighted by Crippen LogP contribution is -2.10. The molecule has 3 N–H and O–H groups in total. The lowest BCUT2D eigenvalue weighted by atomic mass is 10.3. The van der Waals surface area contributed by atoms with Gasteiger partial charge < -0.3 is 11.1 Å². The molecule has 0 bridgehead atoms. The summed E-state index contributed by atoms with van der Waals surface area (Å²) >= 11 is 10.6. The molecule has 0 aliphatic carbocycles. The topological polar surface area (TPSA) is 55.1 Å². The highest BCUT2D eigenvalue weighted by Crippen LogP contribution is 2.28. The first-order valence-electron chi connectivity index (χ1n) is 5.09. The summed E-state index contributed by atoms with van der Waals surface area (Å²) < 4.78 is 0.740. The molecule has 0 unspecified atom stereocenters. The Morgan fingerprint density at radius 1 is 1.44 bits per heavy atom. The third kappa shape index (κ3) is 2.85. The number of carbonyl (C=O) groups excluding carboxylic acids is 1. The van der Waals surface area contributed by atoms with E-state index in [0.29, 0.717) is 21.3 Å². The predicted octanol–water partition coefficient (Wildman–Crippen LogP) is 4.31. The Labute approximate surface area is 122 Å². The van der Waals surface area contributed by atoms with Gasteiger partial charge in [0, 0.05) is 20.1 Å².